The average Bonchev–Trinajstić information content (AvgIpc) is 2.31. The van der Waals surface area contributed by atoms with E-state index in [2.05, 4.69) is 0 Å². The zero-order chi connectivity index (χ0) is 11.4. The van der Waals surface area contributed by atoms with Gasteiger partial charge in [0.15, 0.2) is 0 Å². The molecule has 0 N–H and O–H groups in total. The molecule has 1 aromatic rings. The number of rotatable bonds is 3. The molecular weight excluding hydrogens is 226 g/mol. The normalized spacial score (nSPS) is 18.5. The van der Waals surface area contributed by atoms with Crippen molar-refractivity contribution in [2.75, 3.05) is 19.9 Å². The number of hydrogen-bond donors (Lipinski definition) is 0. The smallest absolute Gasteiger partial charge is 0.220 e. The van der Waals surface area contributed by atoms with E-state index in [4.69, 9.17) is 4.74 Å². The Morgan fingerprint density at radius 2 is 2.00 bits per heavy atom. The molecule has 1 fully saturated rings. The van der Waals surface area contributed by atoms with Gasteiger partial charge in [-0.05, 0) is 12.0 Å². The third-order valence-electron chi connectivity index (χ3n) is 2.52. The molecule has 2 rings (SSSR count). The average molecular weight is 241 g/mol. The highest BCUT2D eigenvalue weighted by Gasteiger charge is 2.24. The summed E-state index contributed by atoms with van der Waals surface area (Å²) in [6.07, 6.45) is 0.772. The van der Waals surface area contributed by atoms with Crippen LogP contribution in [0.1, 0.15) is 12.0 Å². The summed E-state index contributed by atoms with van der Waals surface area (Å²) in [4.78, 5) is 0. The fourth-order valence-electron chi connectivity index (χ4n) is 1.67. The van der Waals surface area contributed by atoms with Gasteiger partial charge >= 0.3 is 0 Å². The number of benzene rings is 1. The lowest BCUT2D eigenvalue weighted by Gasteiger charge is -2.25. The monoisotopic (exact) mass is 241 g/mol. The molecule has 0 unspecified atom stereocenters. The molecule has 1 aliphatic heterocycles. The van der Waals surface area contributed by atoms with Gasteiger partial charge in [-0.25, -0.2) is 8.42 Å². The minimum Gasteiger partial charge on any atom is -0.365 e. The highest BCUT2D eigenvalue weighted by molar-refractivity contribution is 7.88. The fourth-order valence-corrected chi connectivity index (χ4v) is 3.11. The van der Waals surface area contributed by atoms with Crippen LogP contribution in [-0.2, 0) is 20.5 Å². The molecule has 0 saturated carbocycles. The van der Waals surface area contributed by atoms with Crippen LogP contribution in [0.5, 0.6) is 0 Å². The molecule has 0 aromatic heterocycles. The molecule has 1 aliphatic rings. The second-order valence-corrected chi connectivity index (χ2v) is 5.78. The lowest BCUT2D eigenvalue weighted by atomic mass is 10.2. The van der Waals surface area contributed by atoms with Gasteiger partial charge in [0, 0.05) is 13.2 Å². The SMILES string of the molecule is O=S(=O)(Cc1ccccc1)N1CCCOC1. The van der Waals surface area contributed by atoms with Gasteiger partial charge in [0.25, 0.3) is 0 Å². The maximum absolute atomic E-state index is 12.0. The van der Waals surface area contributed by atoms with Crippen LogP contribution in [0.25, 0.3) is 0 Å². The summed E-state index contributed by atoms with van der Waals surface area (Å²) in [5.74, 6) is 0.0528. The van der Waals surface area contributed by atoms with Crippen molar-refractivity contribution in [3.8, 4) is 0 Å². The van der Waals surface area contributed by atoms with E-state index in [1.54, 1.807) is 0 Å². The predicted octanol–water partition coefficient (Wildman–Crippen LogP) is 1.20. The third kappa shape index (κ3) is 2.81. The largest absolute Gasteiger partial charge is 0.365 e. The van der Waals surface area contributed by atoms with E-state index < -0.39 is 10.0 Å². The van der Waals surface area contributed by atoms with Gasteiger partial charge in [0.2, 0.25) is 10.0 Å². The summed E-state index contributed by atoms with van der Waals surface area (Å²) in [6.45, 7) is 1.40. The van der Waals surface area contributed by atoms with Crippen LogP contribution >= 0.6 is 0 Å². The van der Waals surface area contributed by atoms with E-state index in [-0.39, 0.29) is 12.5 Å². The summed E-state index contributed by atoms with van der Waals surface area (Å²) in [5.41, 5.74) is 0.813. The third-order valence-corrected chi connectivity index (χ3v) is 4.29. The number of nitrogens with zero attached hydrogens (tertiary/aromatic N) is 1. The van der Waals surface area contributed by atoms with Crippen molar-refractivity contribution in [1.82, 2.24) is 4.31 Å². The number of ether oxygens (including phenoxy) is 1. The standard InChI is InChI=1S/C11H15NO3S/c13-16(14,12-7-4-8-15-10-12)9-11-5-2-1-3-6-11/h1-3,5-6H,4,7-10H2. The molecule has 88 valence electrons. The van der Waals surface area contributed by atoms with E-state index in [0.717, 1.165) is 12.0 Å². The fraction of sp³-hybridized carbons (Fsp3) is 0.455. The molecule has 0 atom stereocenters. The minimum atomic E-state index is -3.23. The highest BCUT2D eigenvalue weighted by atomic mass is 32.2. The van der Waals surface area contributed by atoms with Crippen LogP contribution in [0.3, 0.4) is 0 Å². The topological polar surface area (TPSA) is 46.6 Å². The summed E-state index contributed by atoms with van der Waals surface area (Å²) < 4.78 is 30.6. The van der Waals surface area contributed by atoms with E-state index in [0.29, 0.717) is 13.2 Å². The van der Waals surface area contributed by atoms with Crippen molar-refractivity contribution in [3.05, 3.63) is 35.9 Å². The summed E-state index contributed by atoms with van der Waals surface area (Å²) >= 11 is 0. The Kier molecular flexibility index (Phi) is 3.58. The second-order valence-electron chi connectivity index (χ2n) is 3.81. The van der Waals surface area contributed by atoms with Crippen molar-refractivity contribution >= 4 is 10.0 Å². The first-order chi connectivity index (χ1) is 7.68. The second kappa shape index (κ2) is 4.95. The first-order valence-corrected chi connectivity index (χ1v) is 6.89. The molecule has 0 spiro atoms. The molecule has 4 nitrogen and oxygen atoms in total. The van der Waals surface area contributed by atoms with Crippen LogP contribution in [0.4, 0.5) is 0 Å². The van der Waals surface area contributed by atoms with Crippen molar-refractivity contribution in [2.24, 2.45) is 0 Å². The maximum Gasteiger partial charge on any atom is 0.220 e. The summed E-state index contributed by atoms with van der Waals surface area (Å²) in [7, 11) is -3.23. The zero-order valence-electron chi connectivity index (χ0n) is 9.00. The van der Waals surface area contributed by atoms with E-state index in [1.807, 2.05) is 30.3 Å². The first kappa shape index (κ1) is 11.6. The maximum atomic E-state index is 12.0. The van der Waals surface area contributed by atoms with E-state index in [1.165, 1.54) is 4.31 Å². The Balaban J connectivity index is 2.08. The Labute approximate surface area is 95.9 Å². The molecule has 16 heavy (non-hydrogen) atoms. The van der Waals surface area contributed by atoms with Gasteiger partial charge in [0.1, 0.15) is 6.73 Å². The molecule has 0 aliphatic carbocycles. The van der Waals surface area contributed by atoms with Gasteiger partial charge in [-0.1, -0.05) is 30.3 Å². The molecular formula is C11H15NO3S. The first-order valence-electron chi connectivity index (χ1n) is 5.28. The van der Waals surface area contributed by atoms with Crippen LogP contribution < -0.4 is 0 Å². The molecule has 0 radical (unpaired) electrons. The van der Waals surface area contributed by atoms with Gasteiger partial charge in [-0.2, -0.15) is 4.31 Å². The Bertz CT molecular complexity index is 424. The molecule has 1 saturated heterocycles. The molecule has 1 aromatic carbocycles. The van der Waals surface area contributed by atoms with Crippen molar-refractivity contribution in [2.45, 2.75) is 12.2 Å². The van der Waals surface area contributed by atoms with Gasteiger partial charge in [-0.3, -0.25) is 0 Å². The molecule has 0 amide bonds. The van der Waals surface area contributed by atoms with Crippen LogP contribution in [-0.4, -0.2) is 32.6 Å². The van der Waals surface area contributed by atoms with Crippen molar-refractivity contribution < 1.29 is 13.2 Å². The Hall–Kier alpha value is -0.910. The predicted molar refractivity (Wildman–Crippen MR) is 61.2 cm³/mol. The summed E-state index contributed by atoms with van der Waals surface area (Å²) in [5, 5.41) is 0. The highest BCUT2D eigenvalue weighted by Crippen LogP contribution is 2.13. The van der Waals surface area contributed by atoms with Gasteiger partial charge < -0.3 is 4.74 Å². The Morgan fingerprint density at radius 1 is 1.25 bits per heavy atom. The molecule has 1 heterocycles. The van der Waals surface area contributed by atoms with Gasteiger partial charge in [0.05, 0.1) is 5.75 Å². The van der Waals surface area contributed by atoms with E-state index >= 15 is 0 Å². The van der Waals surface area contributed by atoms with E-state index in [9.17, 15) is 8.42 Å². The van der Waals surface area contributed by atoms with Crippen LogP contribution in [0.15, 0.2) is 30.3 Å². The van der Waals surface area contributed by atoms with Crippen molar-refractivity contribution in [1.29, 1.82) is 0 Å². The molecule has 5 heteroatoms. The molecule has 0 bridgehead atoms. The Morgan fingerprint density at radius 3 is 2.62 bits per heavy atom. The lowest BCUT2D eigenvalue weighted by molar-refractivity contribution is 0.0312. The van der Waals surface area contributed by atoms with Crippen LogP contribution in [0.2, 0.25) is 0 Å². The number of sulfonamides is 1. The minimum absolute atomic E-state index is 0.0528. The number of hydrogen-bond acceptors (Lipinski definition) is 3. The summed E-state index contributed by atoms with van der Waals surface area (Å²) in [6, 6.07) is 9.21. The van der Waals surface area contributed by atoms with Crippen LogP contribution in [0, 0.1) is 0 Å². The zero-order valence-corrected chi connectivity index (χ0v) is 9.82. The van der Waals surface area contributed by atoms with Gasteiger partial charge in [-0.15, -0.1) is 0 Å². The lowest BCUT2D eigenvalue weighted by Crippen LogP contribution is -2.38. The van der Waals surface area contributed by atoms with Crippen molar-refractivity contribution in [3.63, 3.8) is 0 Å². The quantitative estimate of drug-likeness (QED) is 0.798.